The minimum absolute atomic E-state index is 0. The van der Waals surface area contributed by atoms with Gasteiger partial charge in [0.25, 0.3) is 0 Å². The fraction of sp³-hybridized carbons (Fsp3) is 0.467. The monoisotopic (exact) mass is 344 g/mol. The van der Waals surface area contributed by atoms with Gasteiger partial charge in [-0.05, 0) is 25.1 Å². The van der Waals surface area contributed by atoms with Crippen LogP contribution in [0.3, 0.4) is 0 Å². The smallest absolute Gasteiger partial charge is 0.338 e. The molecule has 7 nitrogen and oxygen atoms in total. The number of esters is 1. The molecule has 23 heavy (non-hydrogen) atoms. The van der Waals surface area contributed by atoms with Crippen LogP contribution in [-0.2, 0) is 9.53 Å². The first kappa shape index (κ1) is 19.1. The first-order valence-electron chi connectivity index (χ1n) is 6.96. The van der Waals surface area contributed by atoms with Crippen LogP contribution in [0.2, 0.25) is 0 Å². The Morgan fingerprint density at radius 2 is 1.96 bits per heavy atom. The summed E-state index contributed by atoms with van der Waals surface area (Å²) >= 11 is 0. The van der Waals surface area contributed by atoms with E-state index < -0.39 is 5.97 Å². The van der Waals surface area contributed by atoms with E-state index in [4.69, 9.17) is 14.2 Å². The summed E-state index contributed by atoms with van der Waals surface area (Å²) in [4.78, 5) is 24.0. The van der Waals surface area contributed by atoms with Crippen molar-refractivity contribution in [3.8, 4) is 11.5 Å². The van der Waals surface area contributed by atoms with Gasteiger partial charge in [-0.1, -0.05) is 0 Å². The maximum Gasteiger partial charge on any atom is 0.338 e. The van der Waals surface area contributed by atoms with E-state index in [1.807, 2.05) is 0 Å². The van der Waals surface area contributed by atoms with Gasteiger partial charge in [0, 0.05) is 6.54 Å². The van der Waals surface area contributed by atoms with Crippen molar-refractivity contribution < 1.29 is 23.8 Å². The predicted molar refractivity (Wildman–Crippen MR) is 87.7 cm³/mol. The van der Waals surface area contributed by atoms with Gasteiger partial charge in [0.15, 0.2) is 11.5 Å². The van der Waals surface area contributed by atoms with E-state index in [2.05, 4.69) is 10.6 Å². The van der Waals surface area contributed by atoms with Gasteiger partial charge in [-0.3, -0.25) is 4.79 Å². The van der Waals surface area contributed by atoms with Gasteiger partial charge in [-0.2, -0.15) is 0 Å². The molecule has 1 saturated heterocycles. The molecule has 0 aromatic heterocycles. The molecule has 2 N–H and O–H groups in total. The second kappa shape index (κ2) is 8.59. The number of anilines is 1. The summed E-state index contributed by atoms with van der Waals surface area (Å²) in [5, 5.41) is 5.94. The standard InChI is InChI=1S/C15H20N2O5.ClH/c1-20-12-7-10(15(19)22-3)6-11(13(12)21-2)17-14(18)9-4-5-16-8-9;/h6-7,9,16H,4-5,8H2,1-3H3,(H,17,18);1H. The number of amides is 1. The molecule has 1 aliphatic rings. The van der Waals surface area contributed by atoms with Crippen molar-refractivity contribution >= 4 is 30.0 Å². The van der Waals surface area contributed by atoms with Crippen LogP contribution >= 0.6 is 12.4 Å². The van der Waals surface area contributed by atoms with Crippen molar-refractivity contribution in [1.82, 2.24) is 5.32 Å². The molecule has 1 aromatic rings. The Morgan fingerprint density at radius 3 is 2.48 bits per heavy atom. The highest BCUT2D eigenvalue weighted by molar-refractivity contribution is 5.98. The first-order chi connectivity index (χ1) is 10.6. The average molecular weight is 345 g/mol. The zero-order valence-electron chi connectivity index (χ0n) is 13.3. The molecule has 1 heterocycles. The number of halogens is 1. The van der Waals surface area contributed by atoms with E-state index in [9.17, 15) is 9.59 Å². The quantitative estimate of drug-likeness (QED) is 0.786. The van der Waals surface area contributed by atoms with Crippen molar-refractivity contribution in [3.05, 3.63) is 17.7 Å². The van der Waals surface area contributed by atoms with Crippen LogP contribution in [0.5, 0.6) is 11.5 Å². The summed E-state index contributed by atoms with van der Waals surface area (Å²) in [6.07, 6.45) is 0.780. The SMILES string of the molecule is COC(=O)c1cc(NC(=O)C2CCNC2)c(OC)c(OC)c1.Cl. The van der Waals surface area contributed by atoms with Crippen molar-refractivity contribution in [1.29, 1.82) is 0 Å². The van der Waals surface area contributed by atoms with Crippen LogP contribution in [0.25, 0.3) is 0 Å². The van der Waals surface area contributed by atoms with E-state index in [1.54, 1.807) is 0 Å². The van der Waals surface area contributed by atoms with Crippen LogP contribution in [0.15, 0.2) is 12.1 Å². The molecule has 1 aliphatic heterocycles. The largest absolute Gasteiger partial charge is 0.493 e. The normalized spacial score (nSPS) is 16.2. The van der Waals surface area contributed by atoms with Gasteiger partial charge in [0.2, 0.25) is 5.91 Å². The van der Waals surface area contributed by atoms with Crippen LogP contribution in [-0.4, -0.2) is 46.3 Å². The number of ether oxygens (including phenoxy) is 3. The first-order valence-corrected chi connectivity index (χ1v) is 6.96. The van der Waals surface area contributed by atoms with Gasteiger partial charge in [0.1, 0.15) is 0 Å². The average Bonchev–Trinajstić information content (AvgIpc) is 3.07. The number of benzene rings is 1. The molecule has 0 saturated carbocycles. The molecule has 1 amide bonds. The third-order valence-corrected chi connectivity index (χ3v) is 3.59. The summed E-state index contributed by atoms with van der Waals surface area (Å²) in [7, 11) is 4.23. The van der Waals surface area contributed by atoms with Crippen molar-refractivity contribution in [2.24, 2.45) is 5.92 Å². The molecular weight excluding hydrogens is 324 g/mol. The van der Waals surface area contributed by atoms with E-state index in [0.717, 1.165) is 13.0 Å². The predicted octanol–water partition coefficient (Wildman–Crippen LogP) is 1.46. The lowest BCUT2D eigenvalue weighted by molar-refractivity contribution is -0.119. The topological polar surface area (TPSA) is 85.9 Å². The third kappa shape index (κ3) is 4.27. The van der Waals surface area contributed by atoms with Crippen molar-refractivity contribution in [2.45, 2.75) is 6.42 Å². The van der Waals surface area contributed by atoms with Crippen LogP contribution < -0.4 is 20.1 Å². The van der Waals surface area contributed by atoms with E-state index in [0.29, 0.717) is 23.7 Å². The number of carbonyl (C=O) groups is 2. The van der Waals surface area contributed by atoms with Crippen LogP contribution in [0.4, 0.5) is 5.69 Å². The highest BCUT2D eigenvalue weighted by Crippen LogP contribution is 2.37. The molecule has 1 aromatic carbocycles. The Morgan fingerprint density at radius 1 is 1.22 bits per heavy atom. The van der Waals surface area contributed by atoms with Gasteiger partial charge in [0.05, 0.1) is 38.5 Å². The summed E-state index contributed by atoms with van der Waals surface area (Å²) in [6, 6.07) is 3.03. The Hall–Kier alpha value is -1.99. The maximum atomic E-state index is 12.3. The molecule has 2 rings (SSSR count). The minimum atomic E-state index is -0.515. The Kier molecular flexibility index (Phi) is 7.12. The molecule has 0 bridgehead atoms. The van der Waals surface area contributed by atoms with E-state index in [-0.39, 0.29) is 29.8 Å². The number of hydrogen-bond acceptors (Lipinski definition) is 6. The maximum absolute atomic E-state index is 12.3. The highest BCUT2D eigenvalue weighted by Gasteiger charge is 2.25. The summed E-state index contributed by atoms with van der Waals surface area (Å²) in [5.74, 6) is -0.0106. The molecule has 1 fully saturated rings. The number of nitrogens with one attached hydrogen (secondary N) is 2. The molecule has 1 unspecified atom stereocenters. The van der Waals surface area contributed by atoms with Gasteiger partial charge >= 0.3 is 5.97 Å². The molecule has 0 spiro atoms. The van der Waals surface area contributed by atoms with Crippen LogP contribution in [0, 0.1) is 5.92 Å². The van der Waals surface area contributed by atoms with E-state index >= 15 is 0 Å². The van der Waals surface area contributed by atoms with Gasteiger partial charge < -0.3 is 24.8 Å². The van der Waals surface area contributed by atoms with E-state index in [1.165, 1.54) is 33.5 Å². The fourth-order valence-corrected chi connectivity index (χ4v) is 2.41. The Balaban J connectivity index is 0.00000264. The Labute approximate surface area is 141 Å². The van der Waals surface area contributed by atoms with Gasteiger partial charge in [-0.25, -0.2) is 4.79 Å². The van der Waals surface area contributed by atoms with Crippen molar-refractivity contribution in [2.75, 3.05) is 39.7 Å². The minimum Gasteiger partial charge on any atom is -0.493 e. The molecule has 1 atom stereocenters. The van der Waals surface area contributed by atoms with Crippen LogP contribution in [0.1, 0.15) is 16.8 Å². The second-order valence-electron chi connectivity index (χ2n) is 4.93. The molecule has 8 heteroatoms. The third-order valence-electron chi connectivity index (χ3n) is 3.59. The summed E-state index contributed by atoms with van der Waals surface area (Å²) in [6.45, 7) is 1.46. The molecule has 128 valence electrons. The second-order valence-corrected chi connectivity index (χ2v) is 4.93. The zero-order chi connectivity index (χ0) is 16.1. The Bertz CT molecular complexity index is 573. The molecular formula is C15H21ClN2O5. The lowest BCUT2D eigenvalue weighted by Gasteiger charge is -2.16. The highest BCUT2D eigenvalue weighted by atomic mass is 35.5. The van der Waals surface area contributed by atoms with Crippen molar-refractivity contribution in [3.63, 3.8) is 0 Å². The number of methoxy groups -OCH3 is 3. The summed E-state index contributed by atoms with van der Waals surface area (Å²) in [5.41, 5.74) is 0.666. The lowest BCUT2D eigenvalue weighted by Crippen LogP contribution is -2.25. The zero-order valence-corrected chi connectivity index (χ0v) is 14.1. The number of carbonyl (C=O) groups excluding carboxylic acids is 2. The number of hydrogen-bond donors (Lipinski definition) is 2. The fourth-order valence-electron chi connectivity index (χ4n) is 2.41. The van der Waals surface area contributed by atoms with Gasteiger partial charge in [-0.15, -0.1) is 12.4 Å². The molecule has 0 aliphatic carbocycles. The molecule has 0 radical (unpaired) electrons. The lowest BCUT2D eigenvalue weighted by atomic mass is 10.1. The number of rotatable bonds is 5. The summed E-state index contributed by atoms with van der Waals surface area (Å²) < 4.78 is 15.2.